The Labute approximate surface area is 155 Å². The van der Waals surface area contributed by atoms with Crippen LogP contribution in [0.2, 0.25) is 5.02 Å². The Kier molecular flexibility index (Phi) is 6.19. The number of ether oxygens (including phenoxy) is 2. The minimum Gasteiger partial charge on any atom is -0.495 e. The highest BCUT2D eigenvalue weighted by Crippen LogP contribution is 2.30. The molecule has 0 heterocycles. The Morgan fingerprint density at radius 2 is 1.69 bits per heavy atom. The van der Waals surface area contributed by atoms with Gasteiger partial charge in [-0.25, -0.2) is 4.79 Å². The molecule has 0 saturated heterocycles. The quantitative estimate of drug-likeness (QED) is 0.632. The van der Waals surface area contributed by atoms with Gasteiger partial charge in [-0.05, 0) is 36.8 Å². The number of nitrogens with one attached hydrogen (secondary N) is 2. The Balaban J connectivity index is 2.13. The predicted molar refractivity (Wildman–Crippen MR) is 97.8 cm³/mol. The maximum atomic E-state index is 12.2. The standard InChI is InChI=1S/C18H17ClN2O5/c1-10-7-14(15(25-2)9-13(10)19)21-17(23)16(22)20-12-6-4-5-11(8-12)18(24)26-3/h4-9H,1-3H3,(H,20,22)(H,21,23). The van der Waals surface area contributed by atoms with E-state index >= 15 is 0 Å². The topological polar surface area (TPSA) is 93.7 Å². The predicted octanol–water partition coefficient (Wildman–Crippen LogP) is 3.02. The second-order valence-corrected chi connectivity index (χ2v) is 5.69. The lowest BCUT2D eigenvalue weighted by atomic mass is 10.2. The van der Waals surface area contributed by atoms with E-state index in [2.05, 4.69) is 15.4 Å². The van der Waals surface area contributed by atoms with Crippen molar-refractivity contribution in [3.8, 4) is 5.75 Å². The average molecular weight is 377 g/mol. The molecule has 2 N–H and O–H groups in total. The number of esters is 1. The van der Waals surface area contributed by atoms with Gasteiger partial charge in [-0.2, -0.15) is 0 Å². The molecule has 0 aliphatic carbocycles. The molecule has 2 aromatic rings. The molecule has 7 nitrogen and oxygen atoms in total. The summed E-state index contributed by atoms with van der Waals surface area (Å²) in [5.41, 5.74) is 1.57. The number of hydrogen-bond acceptors (Lipinski definition) is 5. The zero-order chi connectivity index (χ0) is 19.3. The van der Waals surface area contributed by atoms with Crippen molar-refractivity contribution in [3.05, 3.63) is 52.5 Å². The Morgan fingerprint density at radius 3 is 2.35 bits per heavy atom. The van der Waals surface area contributed by atoms with Crippen molar-refractivity contribution in [3.63, 3.8) is 0 Å². The fourth-order valence-corrected chi connectivity index (χ4v) is 2.29. The smallest absolute Gasteiger partial charge is 0.337 e. The van der Waals surface area contributed by atoms with Crippen LogP contribution in [-0.4, -0.2) is 32.0 Å². The van der Waals surface area contributed by atoms with Crippen molar-refractivity contribution in [1.82, 2.24) is 0 Å². The van der Waals surface area contributed by atoms with Crippen LogP contribution >= 0.6 is 11.6 Å². The molecule has 0 unspecified atom stereocenters. The van der Waals surface area contributed by atoms with E-state index in [1.165, 1.54) is 26.4 Å². The van der Waals surface area contributed by atoms with Crippen LogP contribution in [0.4, 0.5) is 11.4 Å². The highest BCUT2D eigenvalue weighted by atomic mass is 35.5. The first-order chi connectivity index (χ1) is 12.3. The third kappa shape index (κ3) is 4.52. The number of anilines is 2. The summed E-state index contributed by atoms with van der Waals surface area (Å²) in [6.45, 7) is 1.76. The van der Waals surface area contributed by atoms with Crippen LogP contribution in [0.1, 0.15) is 15.9 Å². The van der Waals surface area contributed by atoms with Gasteiger partial charge < -0.3 is 20.1 Å². The van der Waals surface area contributed by atoms with Crippen molar-refractivity contribution in [1.29, 1.82) is 0 Å². The fourth-order valence-electron chi connectivity index (χ4n) is 2.14. The molecule has 0 atom stereocenters. The number of benzene rings is 2. The minimum absolute atomic E-state index is 0.251. The molecule has 2 amide bonds. The van der Waals surface area contributed by atoms with Gasteiger partial charge in [0.05, 0.1) is 25.5 Å². The number of halogens is 1. The molecule has 0 aromatic heterocycles. The summed E-state index contributed by atoms with van der Waals surface area (Å²) in [6.07, 6.45) is 0. The van der Waals surface area contributed by atoms with Gasteiger partial charge in [-0.15, -0.1) is 0 Å². The second kappa shape index (κ2) is 8.35. The molecule has 2 aromatic carbocycles. The van der Waals surface area contributed by atoms with E-state index in [-0.39, 0.29) is 11.3 Å². The first-order valence-electron chi connectivity index (χ1n) is 7.50. The molecule has 0 aliphatic heterocycles. The number of methoxy groups -OCH3 is 2. The van der Waals surface area contributed by atoms with Gasteiger partial charge >= 0.3 is 17.8 Å². The van der Waals surface area contributed by atoms with E-state index in [0.29, 0.717) is 22.0 Å². The monoisotopic (exact) mass is 376 g/mol. The zero-order valence-corrected chi connectivity index (χ0v) is 15.1. The Bertz CT molecular complexity index is 867. The maximum absolute atomic E-state index is 12.2. The summed E-state index contributed by atoms with van der Waals surface area (Å²) < 4.78 is 9.77. The highest BCUT2D eigenvalue weighted by molar-refractivity contribution is 6.44. The molecule has 0 saturated carbocycles. The van der Waals surface area contributed by atoms with E-state index in [9.17, 15) is 14.4 Å². The molecule has 0 bridgehead atoms. The van der Waals surface area contributed by atoms with E-state index < -0.39 is 17.8 Å². The molecular weight excluding hydrogens is 360 g/mol. The lowest BCUT2D eigenvalue weighted by molar-refractivity contribution is -0.133. The van der Waals surface area contributed by atoms with Crippen LogP contribution in [0.25, 0.3) is 0 Å². The van der Waals surface area contributed by atoms with Gasteiger partial charge in [0, 0.05) is 16.8 Å². The molecule has 26 heavy (non-hydrogen) atoms. The zero-order valence-electron chi connectivity index (χ0n) is 14.4. The Morgan fingerprint density at radius 1 is 1.00 bits per heavy atom. The minimum atomic E-state index is -0.901. The Hall–Kier alpha value is -3.06. The van der Waals surface area contributed by atoms with Gasteiger partial charge in [0.1, 0.15) is 5.75 Å². The van der Waals surface area contributed by atoms with E-state index in [0.717, 1.165) is 0 Å². The number of hydrogen-bond donors (Lipinski definition) is 2. The van der Waals surface area contributed by atoms with Crippen molar-refractivity contribution in [2.24, 2.45) is 0 Å². The van der Waals surface area contributed by atoms with Crippen molar-refractivity contribution in [2.75, 3.05) is 24.9 Å². The molecular formula is C18H17ClN2O5. The molecule has 0 radical (unpaired) electrons. The highest BCUT2D eigenvalue weighted by Gasteiger charge is 2.18. The molecule has 136 valence electrons. The number of rotatable bonds is 4. The molecule has 0 aliphatic rings. The molecule has 8 heteroatoms. The van der Waals surface area contributed by atoms with E-state index in [1.807, 2.05) is 0 Å². The molecule has 0 fully saturated rings. The lowest BCUT2D eigenvalue weighted by Gasteiger charge is -2.12. The van der Waals surface area contributed by atoms with Gasteiger partial charge in [0.25, 0.3) is 0 Å². The van der Waals surface area contributed by atoms with E-state index in [1.54, 1.807) is 31.2 Å². The van der Waals surface area contributed by atoms with E-state index in [4.69, 9.17) is 16.3 Å². The van der Waals surface area contributed by atoms with Crippen molar-refractivity contribution in [2.45, 2.75) is 6.92 Å². The first-order valence-corrected chi connectivity index (χ1v) is 7.88. The van der Waals surface area contributed by atoms with Crippen LogP contribution in [0.3, 0.4) is 0 Å². The van der Waals surface area contributed by atoms with Crippen LogP contribution in [0, 0.1) is 6.92 Å². The third-order valence-corrected chi connectivity index (χ3v) is 3.88. The van der Waals surface area contributed by atoms with Gasteiger partial charge in [-0.3, -0.25) is 9.59 Å². The SMILES string of the molecule is COC(=O)c1cccc(NC(=O)C(=O)Nc2cc(C)c(Cl)cc2OC)c1. The van der Waals surface area contributed by atoms with Crippen LogP contribution < -0.4 is 15.4 Å². The molecule has 2 rings (SSSR count). The lowest BCUT2D eigenvalue weighted by Crippen LogP contribution is -2.29. The number of aryl methyl sites for hydroxylation is 1. The summed E-state index contributed by atoms with van der Waals surface area (Å²) in [5, 5.41) is 5.37. The van der Waals surface area contributed by atoms with Gasteiger partial charge in [-0.1, -0.05) is 17.7 Å². The number of carbonyl (C=O) groups is 3. The van der Waals surface area contributed by atoms with Crippen LogP contribution in [0.15, 0.2) is 36.4 Å². The normalized spacial score (nSPS) is 10.0. The second-order valence-electron chi connectivity index (χ2n) is 5.28. The average Bonchev–Trinajstić information content (AvgIpc) is 2.63. The largest absolute Gasteiger partial charge is 0.495 e. The van der Waals surface area contributed by atoms with Crippen molar-refractivity contribution < 1.29 is 23.9 Å². The van der Waals surface area contributed by atoms with Gasteiger partial charge in [0.2, 0.25) is 0 Å². The van der Waals surface area contributed by atoms with Gasteiger partial charge in [0.15, 0.2) is 0 Å². The number of carbonyl (C=O) groups excluding carboxylic acids is 3. The van der Waals surface area contributed by atoms with Crippen molar-refractivity contribution >= 4 is 40.8 Å². The van der Waals surface area contributed by atoms with Crippen LogP contribution in [-0.2, 0) is 14.3 Å². The summed E-state index contributed by atoms with van der Waals surface area (Å²) >= 11 is 6.01. The maximum Gasteiger partial charge on any atom is 0.337 e. The first kappa shape index (κ1) is 19.3. The van der Waals surface area contributed by atoms with Crippen LogP contribution in [0.5, 0.6) is 5.75 Å². The summed E-state index contributed by atoms with van der Waals surface area (Å²) in [4.78, 5) is 35.8. The summed E-state index contributed by atoms with van der Waals surface area (Å²) in [5.74, 6) is -2.02. The fraction of sp³-hybridized carbons (Fsp3) is 0.167. The third-order valence-electron chi connectivity index (χ3n) is 3.48. The summed E-state index contributed by atoms with van der Waals surface area (Å²) in [6, 6.07) is 9.19. The number of amides is 2. The molecule has 0 spiro atoms. The summed E-state index contributed by atoms with van der Waals surface area (Å²) in [7, 11) is 2.68.